The highest BCUT2D eigenvalue weighted by Gasteiger charge is 1.99. The molecule has 0 aromatic carbocycles. The minimum atomic E-state index is 0.744. The van der Waals surface area contributed by atoms with E-state index < -0.39 is 0 Å². The quantitative estimate of drug-likeness (QED) is 0.395. The summed E-state index contributed by atoms with van der Waals surface area (Å²) >= 11 is 0. The summed E-state index contributed by atoms with van der Waals surface area (Å²) in [7, 11) is 5.95. The molecule has 0 aromatic rings. The molecule has 162 valence electrons. The standard InChI is InChI=1S/C12H26N2.C6H12O.2C3H6/c1-5-7-8-9-10-14(6-2)12-11-13(3)4;1-3-4-5-6-7-2;2*1-3-2/h8-9H,5-7,10-12H2,1-4H3;4-5H,3,6H2,1-2H3;2*3H,1H2,2H3/b9-8+;5-4-;;. The van der Waals surface area contributed by atoms with Gasteiger partial charge in [0.05, 0.1) is 6.61 Å². The molecule has 0 N–H and O–H groups in total. The Morgan fingerprint density at radius 3 is 1.78 bits per heavy atom. The van der Waals surface area contributed by atoms with Crippen molar-refractivity contribution < 1.29 is 4.74 Å². The molecule has 0 saturated heterocycles. The number of ether oxygens (including phenoxy) is 1. The Labute approximate surface area is 172 Å². The van der Waals surface area contributed by atoms with Gasteiger partial charge in [0.2, 0.25) is 0 Å². The number of hydrogen-bond donors (Lipinski definition) is 0. The number of unbranched alkanes of at least 4 members (excludes halogenated alkanes) is 1. The maximum absolute atomic E-state index is 4.76. The molecule has 0 amide bonds. The third kappa shape index (κ3) is 51.6. The van der Waals surface area contributed by atoms with E-state index in [2.05, 4.69) is 76.1 Å². The van der Waals surface area contributed by atoms with Gasteiger partial charge in [0.1, 0.15) is 0 Å². The van der Waals surface area contributed by atoms with Gasteiger partial charge in [-0.1, -0.05) is 63.6 Å². The lowest BCUT2D eigenvalue weighted by Gasteiger charge is -2.20. The first kappa shape index (κ1) is 33.4. The van der Waals surface area contributed by atoms with E-state index in [4.69, 9.17) is 4.74 Å². The summed E-state index contributed by atoms with van der Waals surface area (Å²) in [5.74, 6) is 0. The molecule has 0 radical (unpaired) electrons. The first-order valence-electron chi connectivity index (χ1n) is 10.2. The van der Waals surface area contributed by atoms with Crippen molar-refractivity contribution in [1.82, 2.24) is 9.80 Å². The molecule has 27 heavy (non-hydrogen) atoms. The Bertz CT molecular complexity index is 304. The summed E-state index contributed by atoms with van der Waals surface area (Å²) in [4.78, 5) is 4.70. The highest BCUT2D eigenvalue weighted by molar-refractivity contribution is 4.84. The molecule has 0 aromatic heterocycles. The molecule has 0 fully saturated rings. The molecule has 0 saturated carbocycles. The molecule has 0 heterocycles. The fraction of sp³-hybridized carbons (Fsp3) is 0.667. The molecule has 0 bridgehead atoms. The van der Waals surface area contributed by atoms with E-state index in [1.54, 1.807) is 19.3 Å². The van der Waals surface area contributed by atoms with Crippen molar-refractivity contribution in [2.24, 2.45) is 0 Å². The second-order valence-electron chi connectivity index (χ2n) is 6.11. The summed E-state index contributed by atoms with van der Waals surface area (Å²) in [5.41, 5.74) is 0. The van der Waals surface area contributed by atoms with Gasteiger partial charge in [-0.05, 0) is 47.3 Å². The van der Waals surface area contributed by atoms with Crippen LogP contribution in [0, 0.1) is 0 Å². The van der Waals surface area contributed by atoms with Crippen LogP contribution in [0.25, 0.3) is 0 Å². The van der Waals surface area contributed by atoms with Gasteiger partial charge in [0.15, 0.2) is 0 Å². The third-order valence-corrected chi connectivity index (χ3v) is 2.96. The Morgan fingerprint density at radius 1 is 0.852 bits per heavy atom. The van der Waals surface area contributed by atoms with Crippen LogP contribution in [0.1, 0.15) is 53.9 Å². The number of rotatable bonds is 11. The molecule has 0 rings (SSSR count). The van der Waals surface area contributed by atoms with Crippen molar-refractivity contribution in [2.75, 3.05) is 54.0 Å². The number of nitrogens with zero attached hydrogens (tertiary/aromatic N) is 2. The summed E-state index contributed by atoms with van der Waals surface area (Å²) in [5, 5.41) is 0. The van der Waals surface area contributed by atoms with Crippen LogP contribution in [0.2, 0.25) is 0 Å². The van der Waals surface area contributed by atoms with Crippen molar-refractivity contribution in [3.8, 4) is 0 Å². The van der Waals surface area contributed by atoms with Gasteiger partial charge in [-0.25, -0.2) is 0 Å². The average Bonchev–Trinajstić information content (AvgIpc) is 2.63. The topological polar surface area (TPSA) is 15.7 Å². The van der Waals surface area contributed by atoms with Gasteiger partial charge in [-0.3, -0.25) is 4.90 Å². The monoisotopic (exact) mass is 382 g/mol. The van der Waals surface area contributed by atoms with Crippen LogP contribution in [0.15, 0.2) is 49.6 Å². The second kappa shape index (κ2) is 35.9. The van der Waals surface area contributed by atoms with Gasteiger partial charge in [-0.15, -0.1) is 13.2 Å². The van der Waals surface area contributed by atoms with Crippen LogP contribution in [-0.4, -0.2) is 63.8 Å². The zero-order chi connectivity index (χ0) is 21.8. The normalized spacial score (nSPS) is 10.0. The number of allylic oxidation sites excluding steroid dienone is 4. The SMILES string of the molecule is C=CC.C=CC.CC/C=C\COC.CCC/C=C/CN(CC)CCN(C)C. The Hall–Kier alpha value is -1.16. The van der Waals surface area contributed by atoms with Crippen LogP contribution in [0.3, 0.4) is 0 Å². The first-order chi connectivity index (χ1) is 12.9. The summed E-state index contributed by atoms with van der Waals surface area (Å²) in [6.45, 7) is 22.3. The highest BCUT2D eigenvalue weighted by atomic mass is 16.5. The van der Waals surface area contributed by atoms with E-state index in [9.17, 15) is 0 Å². The van der Waals surface area contributed by atoms with Crippen molar-refractivity contribution in [1.29, 1.82) is 0 Å². The van der Waals surface area contributed by atoms with E-state index >= 15 is 0 Å². The molecule has 3 heteroatoms. The summed E-state index contributed by atoms with van der Waals surface area (Å²) in [6, 6.07) is 0. The maximum Gasteiger partial charge on any atom is 0.0643 e. The first-order valence-corrected chi connectivity index (χ1v) is 10.2. The van der Waals surface area contributed by atoms with Crippen LogP contribution in [0.4, 0.5) is 0 Å². The highest BCUT2D eigenvalue weighted by Crippen LogP contribution is 1.92. The van der Waals surface area contributed by atoms with Crippen molar-refractivity contribution in [3.63, 3.8) is 0 Å². The Balaban J connectivity index is -0.000000169. The van der Waals surface area contributed by atoms with E-state index in [0.29, 0.717) is 0 Å². The van der Waals surface area contributed by atoms with Gasteiger partial charge >= 0.3 is 0 Å². The maximum atomic E-state index is 4.76. The largest absolute Gasteiger partial charge is 0.381 e. The molecule has 0 aliphatic heterocycles. The minimum Gasteiger partial charge on any atom is -0.381 e. The molecule has 3 nitrogen and oxygen atoms in total. The van der Waals surface area contributed by atoms with Gasteiger partial charge < -0.3 is 9.64 Å². The fourth-order valence-corrected chi connectivity index (χ4v) is 1.56. The molecule has 0 spiro atoms. The zero-order valence-corrected chi connectivity index (χ0v) is 19.8. The predicted molar refractivity (Wildman–Crippen MR) is 128 cm³/mol. The molecular formula is C24H50N2O. The lowest BCUT2D eigenvalue weighted by atomic mass is 10.3. The second-order valence-corrected chi connectivity index (χ2v) is 6.11. The lowest BCUT2D eigenvalue weighted by molar-refractivity contribution is 0.233. The van der Waals surface area contributed by atoms with E-state index in [-0.39, 0.29) is 0 Å². The third-order valence-electron chi connectivity index (χ3n) is 2.96. The van der Waals surface area contributed by atoms with E-state index in [1.165, 1.54) is 19.4 Å². The van der Waals surface area contributed by atoms with Gasteiger partial charge in [-0.2, -0.15) is 0 Å². The summed E-state index contributed by atoms with van der Waals surface area (Å²) < 4.78 is 4.76. The summed E-state index contributed by atoms with van der Waals surface area (Å²) in [6.07, 6.45) is 15.7. The van der Waals surface area contributed by atoms with E-state index in [0.717, 1.165) is 32.7 Å². The zero-order valence-electron chi connectivity index (χ0n) is 19.8. The van der Waals surface area contributed by atoms with Gasteiger partial charge in [0, 0.05) is 26.7 Å². The molecule has 0 aliphatic carbocycles. The number of methoxy groups -OCH3 is 1. The fourth-order valence-electron chi connectivity index (χ4n) is 1.56. The molecule has 0 atom stereocenters. The number of hydrogen-bond acceptors (Lipinski definition) is 3. The number of likely N-dealkylation sites (N-methyl/N-ethyl adjacent to an activating group) is 2. The van der Waals surface area contributed by atoms with Crippen molar-refractivity contribution in [3.05, 3.63) is 49.6 Å². The van der Waals surface area contributed by atoms with Crippen LogP contribution in [-0.2, 0) is 4.74 Å². The van der Waals surface area contributed by atoms with Crippen LogP contribution in [0.5, 0.6) is 0 Å². The minimum absolute atomic E-state index is 0.744. The molecule has 0 aliphatic rings. The van der Waals surface area contributed by atoms with E-state index in [1.807, 2.05) is 19.9 Å². The molecule has 0 unspecified atom stereocenters. The predicted octanol–water partition coefficient (Wildman–Crippen LogP) is 6.21. The lowest BCUT2D eigenvalue weighted by Crippen LogP contribution is -2.31. The van der Waals surface area contributed by atoms with Crippen molar-refractivity contribution in [2.45, 2.75) is 53.9 Å². The Morgan fingerprint density at radius 2 is 1.41 bits per heavy atom. The van der Waals surface area contributed by atoms with Crippen LogP contribution >= 0.6 is 0 Å². The molecular weight excluding hydrogens is 332 g/mol. The Kier molecular flexibility index (Phi) is 44.4. The van der Waals surface area contributed by atoms with Crippen molar-refractivity contribution >= 4 is 0 Å². The average molecular weight is 383 g/mol. The van der Waals surface area contributed by atoms with Gasteiger partial charge in [0.25, 0.3) is 0 Å². The smallest absolute Gasteiger partial charge is 0.0643 e. The van der Waals surface area contributed by atoms with Crippen LogP contribution < -0.4 is 0 Å².